The van der Waals surface area contributed by atoms with Gasteiger partial charge in [0.05, 0.1) is 0 Å². The standard InChI is InChI=1S/C12H23N3S/c1-12(2)9-15(6-7-16-12)11(13-3)14-8-10-4-5-10/h10H,4-9H2,1-3H3,(H,13,14). The second-order valence-corrected chi connectivity index (χ2v) is 7.20. The largest absolute Gasteiger partial charge is 0.356 e. The minimum atomic E-state index is 0.357. The van der Waals surface area contributed by atoms with E-state index in [4.69, 9.17) is 0 Å². The second-order valence-electron chi connectivity index (χ2n) is 5.40. The topological polar surface area (TPSA) is 27.6 Å². The highest BCUT2D eigenvalue weighted by atomic mass is 32.2. The first-order valence-corrected chi connectivity index (χ1v) is 7.19. The van der Waals surface area contributed by atoms with Gasteiger partial charge in [0.15, 0.2) is 5.96 Å². The first-order chi connectivity index (χ1) is 7.61. The predicted octanol–water partition coefficient (Wildman–Crippen LogP) is 1.80. The van der Waals surface area contributed by atoms with Gasteiger partial charge in [-0.05, 0) is 32.6 Å². The Balaban J connectivity index is 1.87. The second kappa shape index (κ2) is 4.86. The molecule has 1 saturated heterocycles. The van der Waals surface area contributed by atoms with Crippen LogP contribution in [0.3, 0.4) is 0 Å². The Morgan fingerprint density at radius 2 is 2.25 bits per heavy atom. The van der Waals surface area contributed by atoms with E-state index in [1.165, 1.54) is 18.6 Å². The number of nitrogens with one attached hydrogen (secondary N) is 1. The van der Waals surface area contributed by atoms with Crippen LogP contribution in [0.15, 0.2) is 4.99 Å². The fourth-order valence-corrected chi connectivity index (χ4v) is 3.20. The number of aliphatic imine (C=N–C) groups is 1. The molecular formula is C12H23N3S. The zero-order valence-corrected chi connectivity index (χ0v) is 11.4. The molecule has 16 heavy (non-hydrogen) atoms. The first kappa shape index (κ1) is 12.1. The number of rotatable bonds is 2. The molecule has 1 heterocycles. The van der Waals surface area contributed by atoms with Crippen LogP contribution in [0.25, 0.3) is 0 Å². The molecule has 0 atom stereocenters. The Morgan fingerprint density at radius 3 is 2.81 bits per heavy atom. The van der Waals surface area contributed by atoms with Gasteiger partial charge >= 0.3 is 0 Å². The van der Waals surface area contributed by atoms with E-state index < -0.39 is 0 Å². The van der Waals surface area contributed by atoms with E-state index in [1.807, 2.05) is 7.05 Å². The van der Waals surface area contributed by atoms with Gasteiger partial charge in [0.1, 0.15) is 0 Å². The minimum absolute atomic E-state index is 0.357. The van der Waals surface area contributed by atoms with Crippen molar-refractivity contribution in [1.29, 1.82) is 0 Å². The summed E-state index contributed by atoms with van der Waals surface area (Å²) in [7, 11) is 1.89. The summed E-state index contributed by atoms with van der Waals surface area (Å²) in [5.74, 6) is 3.21. The highest BCUT2D eigenvalue weighted by molar-refractivity contribution is 8.00. The van der Waals surface area contributed by atoms with Crippen LogP contribution < -0.4 is 5.32 Å². The van der Waals surface area contributed by atoms with Crippen molar-refractivity contribution in [3.05, 3.63) is 0 Å². The van der Waals surface area contributed by atoms with Gasteiger partial charge in [-0.15, -0.1) is 0 Å². The summed E-state index contributed by atoms with van der Waals surface area (Å²) < 4.78 is 0.357. The van der Waals surface area contributed by atoms with E-state index in [-0.39, 0.29) is 0 Å². The zero-order chi connectivity index (χ0) is 11.6. The molecule has 0 spiro atoms. The number of thioether (sulfide) groups is 1. The fourth-order valence-electron chi connectivity index (χ4n) is 2.09. The predicted molar refractivity (Wildman–Crippen MR) is 72.2 cm³/mol. The van der Waals surface area contributed by atoms with Gasteiger partial charge in [-0.1, -0.05) is 0 Å². The molecule has 2 aliphatic rings. The lowest BCUT2D eigenvalue weighted by atomic mass is 10.2. The van der Waals surface area contributed by atoms with Crippen LogP contribution in [0.4, 0.5) is 0 Å². The first-order valence-electron chi connectivity index (χ1n) is 6.20. The molecule has 0 aromatic heterocycles. The van der Waals surface area contributed by atoms with Crippen LogP contribution in [0.5, 0.6) is 0 Å². The normalized spacial score (nSPS) is 25.7. The highest BCUT2D eigenvalue weighted by Gasteiger charge is 2.29. The van der Waals surface area contributed by atoms with E-state index >= 15 is 0 Å². The van der Waals surface area contributed by atoms with Gasteiger partial charge in [0.25, 0.3) is 0 Å². The molecular weight excluding hydrogens is 218 g/mol. The summed E-state index contributed by atoms with van der Waals surface area (Å²) in [4.78, 5) is 6.80. The fraction of sp³-hybridized carbons (Fsp3) is 0.917. The molecule has 0 bridgehead atoms. The van der Waals surface area contributed by atoms with Crippen LogP contribution in [-0.2, 0) is 0 Å². The highest BCUT2D eigenvalue weighted by Crippen LogP contribution is 2.30. The molecule has 1 aliphatic carbocycles. The average molecular weight is 241 g/mol. The van der Waals surface area contributed by atoms with Crippen molar-refractivity contribution in [2.45, 2.75) is 31.4 Å². The number of hydrogen-bond acceptors (Lipinski definition) is 2. The monoisotopic (exact) mass is 241 g/mol. The Labute approximate surface area is 103 Å². The minimum Gasteiger partial charge on any atom is -0.356 e. The molecule has 1 aliphatic heterocycles. The van der Waals surface area contributed by atoms with Crippen LogP contribution >= 0.6 is 11.8 Å². The molecule has 0 aromatic carbocycles. The summed E-state index contributed by atoms with van der Waals surface area (Å²) in [5, 5.41) is 3.51. The lowest BCUT2D eigenvalue weighted by molar-refractivity contribution is 0.375. The van der Waals surface area contributed by atoms with Crippen molar-refractivity contribution in [2.24, 2.45) is 10.9 Å². The zero-order valence-electron chi connectivity index (χ0n) is 10.6. The van der Waals surface area contributed by atoms with Gasteiger partial charge in [-0.2, -0.15) is 11.8 Å². The van der Waals surface area contributed by atoms with Gasteiger partial charge < -0.3 is 10.2 Å². The molecule has 3 nitrogen and oxygen atoms in total. The Hall–Kier alpha value is -0.380. The molecule has 0 amide bonds. The Kier molecular flexibility index (Phi) is 3.67. The Bertz CT molecular complexity index is 271. The van der Waals surface area contributed by atoms with Crippen molar-refractivity contribution in [3.63, 3.8) is 0 Å². The maximum Gasteiger partial charge on any atom is 0.193 e. The van der Waals surface area contributed by atoms with Crippen LogP contribution in [0.1, 0.15) is 26.7 Å². The summed E-state index contributed by atoms with van der Waals surface area (Å²) in [5.41, 5.74) is 0. The number of guanidine groups is 1. The maximum absolute atomic E-state index is 4.40. The summed E-state index contributed by atoms with van der Waals surface area (Å²) in [6, 6.07) is 0. The summed E-state index contributed by atoms with van der Waals surface area (Å²) in [6.07, 6.45) is 2.79. The molecule has 2 fully saturated rings. The molecule has 1 N–H and O–H groups in total. The van der Waals surface area contributed by atoms with Crippen LogP contribution in [0.2, 0.25) is 0 Å². The summed E-state index contributed by atoms with van der Waals surface area (Å²) in [6.45, 7) is 7.97. The van der Waals surface area contributed by atoms with Crippen molar-refractivity contribution < 1.29 is 0 Å². The smallest absolute Gasteiger partial charge is 0.193 e. The van der Waals surface area contributed by atoms with Crippen molar-refractivity contribution in [2.75, 3.05) is 32.4 Å². The molecule has 1 saturated carbocycles. The van der Waals surface area contributed by atoms with Gasteiger partial charge in [-0.25, -0.2) is 0 Å². The van der Waals surface area contributed by atoms with E-state index in [1.54, 1.807) is 0 Å². The van der Waals surface area contributed by atoms with E-state index in [0.29, 0.717) is 4.75 Å². The molecule has 0 radical (unpaired) electrons. The number of hydrogen-bond donors (Lipinski definition) is 1. The lowest BCUT2D eigenvalue weighted by Gasteiger charge is -2.39. The van der Waals surface area contributed by atoms with Gasteiger partial charge in [0.2, 0.25) is 0 Å². The molecule has 4 heteroatoms. The van der Waals surface area contributed by atoms with Gasteiger partial charge in [0, 0.05) is 37.2 Å². The molecule has 0 aromatic rings. The van der Waals surface area contributed by atoms with Crippen molar-refractivity contribution in [1.82, 2.24) is 10.2 Å². The SMILES string of the molecule is CN=C(NCC1CC1)N1CCSC(C)(C)C1. The van der Waals surface area contributed by atoms with Gasteiger partial charge in [-0.3, -0.25) is 4.99 Å². The lowest BCUT2D eigenvalue weighted by Crippen LogP contribution is -2.51. The molecule has 92 valence electrons. The van der Waals surface area contributed by atoms with Crippen LogP contribution in [-0.4, -0.2) is 48.0 Å². The van der Waals surface area contributed by atoms with Crippen molar-refractivity contribution in [3.8, 4) is 0 Å². The van der Waals surface area contributed by atoms with E-state index in [9.17, 15) is 0 Å². The van der Waals surface area contributed by atoms with Crippen LogP contribution in [0, 0.1) is 5.92 Å². The van der Waals surface area contributed by atoms with E-state index in [2.05, 4.69) is 40.8 Å². The third-order valence-electron chi connectivity index (χ3n) is 3.18. The maximum atomic E-state index is 4.40. The Morgan fingerprint density at radius 1 is 1.50 bits per heavy atom. The summed E-state index contributed by atoms with van der Waals surface area (Å²) >= 11 is 2.06. The number of nitrogens with zero attached hydrogens (tertiary/aromatic N) is 2. The molecule has 2 rings (SSSR count). The van der Waals surface area contributed by atoms with Crippen molar-refractivity contribution >= 4 is 17.7 Å². The third-order valence-corrected chi connectivity index (χ3v) is 4.48. The van der Waals surface area contributed by atoms with E-state index in [0.717, 1.165) is 31.5 Å². The quantitative estimate of drug-likeness (QED) is 0.590. The third kappa shape index (κ3) is 3.30. The average Bonchev–Trinajstić information content (AvgIpc) is 3.01. The molecule has 0 unspecified atom stereocenters.